The highest BCUT2D eigenvalue weighted by molar-refractivity contribution is 6.00. The molecule has 2 aliphatic rings. The molecule has 1 saturated heterocycles. The highest BCUT2D eigenvalue weighted by Gasteiger charge is 2.35. The van der Waals surface area contributed by atoms with Gasteiger partial charge in [-0.2, -0.15) is 0 Å². The summed E-state index contributed by atoms with van der Waals surface area (Å²) < 4.78 is 8.34. The number of methoxy groups -OCH3 is 1. The van der Waals surface area contributed by atoms with Gasteiger partial charge in [0.15, 0.2) is 5.82 Å². The quantitative estimate of drug-likeness (QED) is 0.545. The Morgan fingerprint density at radius 1 is 1.21 bits per heavy atom. The zero-order valence-corrected chi connectivity index (χ0v) is 18.9. The van der Waals surface area contributed by atoms with Crippen molar-refractivity contribution in [1.29, 1.82) is 0 Å². The highest BCUT2D eigenvalue weighted by Crippen LogP contribution is 2.36. The van der Waals surface area contributed by atoms with E-state index in [2.05, 4.69) is 15.4 Å². The smallest absolute Gasteiger partial charge is 0.346 e. The molecule has 3 aromatic rings. The topological polar surface area (TPSA) is 111 Å². The number of rotatable bonds is 8. The molecule has 176 valence electrons. The number of carbonyl (C=O) groups is 2. The van der Waals surface area contributed by atoms with Gasteiger partial charge in [-0.05, 0) is 37.1 Å². The molecule has 1 atom stereocenters. The van der Waals surface area contributed by atoms with Crippen LogP contribution in [0.1, 0.15) is 25.3 Å². The van der Waals surface area contributed by atoms with Crippen LogP contribution < -0.4 is 20.6 Å². The van der Waals surface area contributed by atoms with Gasteiger partial charge < -0.3 is 15.0 Å². The van der Waals surface area contributed by atoms with Crippen molar-refractivity contribution in [2.75, 3.05) is 25.1 Å². The third kappa shape index (κ3) is 4.30. The van der Waals surface area contributed by atoms with E-state index in [1.54, 1.807) is 41.1 Å². The molecule has 10 nitrogen and oxygen atoms in total. The Bertz CT molecular complexity index is 1260. The van der Waals surface area contributed by atoms with Crippen LogP contribution in [0.25, 0.3) is 11.4 Å². The first-order valence-electron chi connectivity index (χ1n) is 11.4. The predicted octanol–water partition coefficient (Wildman–Crippen LogP) is 1.62. The van der Waals surface area contributed by atoms with E-state index < -0.39 is 5.92 Å². The maximum Gasteiger partial charge on any atom is 0.346 e. The van der Waals surface area contributed by atoms with Crippen LogP contribution in [0.3, 0.4) is 0 Å². The summed E-state index contributed by atoms with van der Waals surface area (Å²) in [6.07, 6.45) is 5.42. The number of carbonyl (C=O) groups excluding carboxylic acids is 2. The highest BCUT2D eigenvalue weighted by atomic mass is 16.5. The van der Waals surface area contributed by atoms with Crippen LogP contribution >= 0.6 is 0 Å². The largest absolute Gasteiger partial charge is 0.497 e. The van der Waals surface area contributed by atoms with E-state index in [-0.39, 0.29) is 43.1 Å². The van der Waals surface area contributed by atoms with Crippen molar-refractivity contribution in [1.82, 2.24) is 24.6 Å². The maximum absolute atomic E-state index is 12.9. The third-order valence-electron chi connectivity index (χ3n) is 6.19. The molecule has 0 spiro atoms. The zero-order valence-electron chi connectivity index (χ0n) is 18.9. The lowest BCUT2D eigenvalue weighted by atomic mass is 10.1. The minimum absolute atomic E-state index is 0.103. The SMILES string of the molecule is COc1cccc(N2CC(C(=O)NCCn3nc(-c4cccnc4)n(C4CC4)c3=O)CC2=O)c1. The molecular weight excluding hydrogens is 436 g/mol. The number of anilines is 1. The number of hydrogen-bond donors (Lipinski definition) is 1. The van der Waals surface area contributed by atoms with E-state index in [4.69, 9.17) is 4.74 Å². The first-order chi connectivity index (χ1) is 16.5. The van der Waals surface area contributed by atoms with Crippen LogP contribution in [0, 0.1) is 5.92 Å². The number of aromatic nitrogens is 4. The summed E-state index contributed by atoms with van der Waals surface area (Å²) >= 11 is 0. The van der Waals surface area contributed by atoms with Crippen molar-refractivity contribution in [2.45, 2.75) is 31.8 Å². The van der Waals surface area contributed by atoms with Crippen LogP contribution in [-0.2, 0) is 16.1 Å². The number of pyridine rings is 1. The van der Waals surface area contributed by atoms with Gasteiger partial charge in [0.2, 0.25) is 11.8 Å². The van der Waals surface area contributed by atoms with Gasteiger partial charge in [0.05, 0.1) is 19.6 Å². The van der Waals surface area contributed by atoms with E-state index in [1.165, 1.54) is 4.68 Å². The molecule has 2 aromatic heterocycles. The summed E-state index contributed by atoms with van der Waals surface area (Å²) in [5.74, 6) is 0.488. The summed E-state index contributed by atoms with van der Waals surface area (Å²) in [6, 6.07) is 11.1. The number of benzene rings is 1. The fourth-order valence-electron chi connectivity index (χ4n) is 4.26. The van der Waals surface area contributed by atoms with Crippen LogP contribution in [0.15, 0.2) is 53.6 Å². The molecular formula is C24H26N6O4. The Balaban J connectivity index is 1.22. The van der Waals surface area contributed by atoms with Gasteiger partial charge >= 0.3 is 5.69 Å². The van der Waals surface area contributed by atoms with E-state index >= 15 is 0 Å². The second kappa shape index (κ2) is 9.12. The second-order valence-corrected chi connectivity index (χ2v) is 8.57. The molecule has 10 heteroatoms. The van der Waals surface area contributed by atoms with E-state index in [9.17, 15) is 14.4 Å². The predicted molar refractivity (Wildman–Crippen MR) is 124 cm³/mol. The first kappa shape index (κ1) is 21.9. The van der Waals surface area contributed by atoms with Crippen molar-refractivity contribution >= 4 is 17.5 Å². The van der Waals surface area contributed by atoms with Crippen molar-refractivity contribution in [2.24, 2.45) is 5.92 Å². The lowest BCUT2D eigenvalue weighted by Gasteiger charge is -2.17. The van der Waals surface area contributed by atoms with Crippen molar-refractivity contribution < 1.29 is 14.3 Å². The molecule has 2 fully saturated rings. The fraction of sp³-hybridized carbons (Fsp3) is 0.375. The van der Waals surface area contributed by atoms with E-state index in [0.29, 0.717) is 23.8 Å². The number of amides is 2. The molecule has 5 rings (SSSR count). The Kier molecular flexibility index (Phi) is 5.87. The third-order valence-corrected chi connectivity index (χ3v) is 6.19. The molecule has 1 saturated carbocycles. The standard InChI is InChI=1S/C24H26N6O4/c1-34-20-6-2-5-19(13-20)28-15-17(12-21(28)31)23(32)26-10-11-29-24(33)30(18-7-8-18)22(27-29)16-4-3-9-25-14-16/h2-6,9,13-14,17-18H,7-8,10-12,15H2,1H3,(H,26,32). The summed E-state index contributed by atoms with van der Waals surface area (Å²) in [5.41, 5.74) is 1.31. The number of ether oxygens (including phenoxy) is 1. The molecule has 0 bridgehead atoms. The zero-order chi connectivity index (χ0) is 23.7. The summed E-state index contributed by atoms with van der Waals surface area (Å²) in [5, 5.41) is 7.38. The number of hydrogen-bond acceptors (Lipinski definition) is 6. The first-order valence-corrected chi connectivity index (χ1v) is 11.4. The molecule has 0 radical (unpaired) electrons. The van der Waals surface area contributed by atoms with E-state index in [0.717, 1.165) is 18.4 Å². The van der Waals surface area contributed by atoms with Crippen LogP contribution in [0.5, 0.6) is 5.75 Å². The number of nitrogens with one attached hydrogen (secondary N) is 1. The molecule has 1 aromatic carbocycles. The normalized spacial score (nSPS) is 17.7. The average molecular weight is 463 g/mol. The van der Waals surface area contributed by atoms with Gasteiger partial charge in [0.25, 0.3) is 0 Å². The van der Waals surface area contributed by atoms with E-state index in [1.807, 2.05) is 24.3 Å². The monoisotopic (exact) mass is 462 g/mol. The molecule has 2 amide bonds. The van der Waals surface area contributed by atoms with Crippen LogP contribution in [0.4, 0.5) is 5.69 Å². The maximum atomic E-state index is 12.9. The fourth-order valence-corrected chi connectivity index (χ4v) is 4.26. The summed E-state index contributed by atoms with van der Waals surface area (Å²) in [4.78, 5) is 43.9. The number of nitrogens with zero attached hydrogens (tertiary/aromatic N) is 5. The summed E-state index contributed by atoms with van der Waals surface area (Å²) in [7, 11) is 1.57. The molecule has 34 heavy (non-hydrogen) atoms. The van der Waals surface area contributed by atoms with Gasteiger partial charge in [0.1, 0.15) is 5.75 Å². The van der Waals surface area contributed by atoms with Crippen LogP contribution in [0.2, 0.25) is 0 Å². The minimum atomic E-state index is -0.453. The lowest BCUT2D eigenvalue weighted by Crippen LogP contribution is -2.36. The Morgan fingerprint density at radius 2 is 2.06 bits per heavy atom. The van der Waals surface area contributed by atoms with Crippen molar-refractivity contribution in [3.05, 3.63) is 59.3 Å². The molecule has 1 unspecified atom stereocenters. The Labute approximate surface area is 196 Å². The van der Waals surface area contributed by atoms with Gasteiger partial charge in [-0.15, -0.1) is 5.10 Å². The molecule has 1 aliphatic carbocycles. The van der Waals surface area contributed by atoms with Gasteiger partial charge in [-0.3, -0.25) is 19.1 Å². The second-order valence-electron chi connectivity index (χ2n) is 8.57. The molecule has 3 heterocycles. The molecule has 1 aliphatic heterocycles. The Morgan fingerprint density at radius 3 is 2.79 bits per heavy atom. The minimum Gasteiger partial charge on any atom is -0.497 e. The van der Waals surface area contributed by atoms with Crippen molar-refractivity contribution in [3.8, 4) is 17.1 Å². The average Bonchev–Trinajstić information content (AvgIpc) is 3.54. The summed E-state index contributed by atoms with van der Waals surface area (Å²) in [6.45, 7) is 0.799. The van der Waals surface area contributed by atoms with Crippen LogP contribution in [-0.4, -0.2) is 51.3 Å². The Hall–Kier alpha value is -3.95. The van der Waals surface area contributed by atoms with Gasteiger partial charge in [0, 0.05) is 55.3 Å². The molecule has 1 N–H and O–H groups in total. The van der Waals surface area contributed by atoms with Crippen molar-refractivity contribution in [3.63, 3.8) is 0 Å². The van der Waals surface area contributed by atoms with Gasteiger partial charge in [-0.1, -0.05) is 6.07 Å². The lowest BCUT2D eigenvalue weighted by molar-refractivity contribution is -0.126. The van der Waals surface area contributed by atoms with Gasteiger partial charge in [-0.25, -0.2) is 9.48 Å².